The first kappa shape index (κ1) is 15.5. The van der Waals surface area contributed by atoms with Crippen molar-refractivity contribution in [3.05, 3.63) is 0 Å². The molecular weight excluding hydrogens is 224 g/mol. The molecule has 0 aromatic heterocycles. The Balaban J connectivity index is 2.40. The van der Waals surface area contributed by atoms with Gasteiger partial charge >= 0.3 is 0 Å². The number of amides is 1. The van der Waals surface area contributed by atoms with E-state index in [4.69, 9.17) is 5.73 Å². The molecule has 0 aromatic rings. The summed E-state index contributed by atoms with van der Waals surface area (Å²) in [5.74, 6) is 1.31. The summed E-state index contributed by atoms with van der Waals surface area (Å²) in [4.78, 5) is 14.3. The van der Waals surface area contributed by atoms with Crippen molar-refractivity contribution in [3.8, 4) is 0 Å². The smallest absolute Gasteiger partial charge is 0.222 e. The summed E-state index contributed by atoms with van der Waals surface area (Å²) in [5.41, 5.74) is 6.02. The summed E-state index contributed by atoms with van der Waals surface area (Å²) in [6.07, 6.45) is 4.08. The van der Waals surface area contributed by atoms with E-state index >= 15 is 0 Å². The Hall–Kier alpha value is -0.570. The molecule has 0 radical (unpaired) electrons. The monoisotopic (exact) mass is 254 g/mol. The van der Waals surface area contributed by atoms with Crippen LogP contribution in [-0.4, -0.2) is 30.4 Å². The van der Waals surface area contributed by atoms with E-state index < -0.39 is 0 Å². The first-order chi connectivity index (χ1) is 8.31. The van der Waals surface area contributed by atoms with Gasteiger partial charge in [-0.3, -0.25) is 4.79 Å². The fraction of sp³-hybridized carbons (Fsp3) is 0.933. The van der Waals surface area contributed by atoms with Crippen molar-refractivity contribution in [2.24, 2.45) is 23.0 Å². The highest BCUT2D eigenvalue weighted by molar-refractivity contribution is 5.76. The van der Waals surface area contributed by atoms with Crippen molar-refractivity contribution in [1.29, 1.82) is 0 Å². The average Bonchev–Trinajstić information content (AvgIpc) is 2.26. The molecule has 1 heterocycles. The maximum absolute atomic E-state index is 12.2. The van der Waals surface area contributed by atoms with Gasteiger partial charge in [-0.2, -0.15) is 0 Å². The van der Waals surface area contributed by atoms with Gasteiger partial charge in [0, 0.05) is 19.5 Å². The fourth-order valence-corrected chi connectivity index (χ4v) is 3.03. The second kappa shape index (κ2) is 6.55. The van der Waals surface area contributed by atoms with E-state index in [1.54, 1.807) is 0 Å². The summed E-state index contributed by atoms with van der Waals surface area (Å²) in [6, 6.07) is 0. The van der Waals surface area contributed by atoms with Gasteiger partial charge < -0.3 is 10.6 Å². The summed E-state index contributed by atoms with van der Waals surface area (Å²) >= 11 is 0. The highest BCUT2D eigenvalue weighted by Crippen LogP contribution is 2.27. The van der Waals surface area contributed by atoms with Crippen LogP contribution in [0.3, 0.4) is 0 Å². The SMILES string of the molecule is CC(CC(=O)N1CCCC(CN)C1)CC(C)(C)C. The highest BCUT2D eigenvalue weighted by atomic mass is 16.2. The van der Waals surface area contributed by atoms with E-state index in [2.05, 4.69) is 27.7 Å². The molecule has 3 heteroatoms. The largest absolute Gasteiger partial charge is 0.342 e. The zero-order chi connectivity index (χ0) is 13.8. The minimum Gasteiger partial charge on any atom is -0.342 e. The minimum absolute atomic E-state index is 0.307. The van der Waals surface area contributed by atoms with Crippen LogP contribution in [0.5, 0.6) is 0 Å². The Kier molecular flexibility index (Phi) is 5.64. The minimum atomic E-state index is 0.307. The van der Waals surface area contributed by atoms with Crippen LogP contribution in [0.15, 0.2) is 0 Å². The number of hydrogen-bond acceptors (Lipinski definition) is 2. The molecule has 1 saturated heterocycles. The molecule has 2 unspecified atom stereocenters. The number of nitrogens with two attached hydrogens (primary N) is 1. The number of nitrogens with zero attached hydrogens (tertiary/aromatic N) is 1. The van der Waals surface area contributed by atoms with E-state index in [9.17, 15) is 4.79 Å². The second-order valence-corrected chi connectivity index (χ2v) is 7.16. The molecule has 3 nitrogen and oxygen atoms in total. The lowest BCUT2D eigenvalue weighted by Crippen LogP contribution is -2.42. The maximum Gasteiger partial charge on any atom is 0.222 e. The van der Waals surface area contributed by atoms with Crippen LogP contribution in [0.25, 0.3) is 0 Å². The molecule has 2 atom stereocenters. The lowest BCUT2D eigenvalue weighted by molar-refractivity contribution is -0.134. The third kappa shape index (κ3) is 5.38. The van der Waals surface area contributed by atoms with Crippen molar-refractivity contribution in [2.75, 3.05) is 19.6 Å². The van der Waals surface area contributed by atoms with E-state index in [-0.39, 0.29) is 0 Å². The molecule has 106 valence electrons. The molecule has 0 spiro atoms. The number of rotatable bonds is 4. The van der Waals surface area contributed by atoms with Crippen molar-refractivity contribution in [3.63, 3.8) is 0 Å². The van der Waals surface area contributed by atoms with Gasteiger partial charge in [0.15, 0.2) is 0 Å². The first-order valence-electron chi connectivity index (χ1n) is 7.29. The van der Waals surface area contributed by atoms with Gasteiger partial charge in [-0.25, -0.2) is 0 Å². The van der Waals surface area contributed by atoms with Crippen molar-refractivity contribution >= 4 is 5.91 Å². The lowest BCUT2D eigenvalue weighted by Gasteiger charge is -2.33. The molecule has 1 aliphatic heterocycles. The number of likely N-dealkylation sites (tertiary alicyclic amines) is 1. The van der Waals surface area contributed by atoms with Gasteiger partial charge in [0.05, 0.1) is 0 Å². The molecule has 2 N–H and O–H groups in total. The first-order valence-corrected chi connectivity index (χ1v) is 7.29. The average molecular weight is 254 g/mol. The van der Waals surface area contributed by atoms with Crippen LogP contribution in [0, 0.1) is 17.3 Å². The van der Waals surface area contributed by atoms with Crippen LogP contribution in [0.2, 0.25) is 0 Å². The molecule has 0 aromatic carbocycles. The third-order valence-corrected chi connectivity index (χ3v) is 3.69. The van der Waals surface area contributed by atoms with Crippen LogP contribution < -0.4 is 5.73 Å². The number of hydrogen-bond donors (Lipinski definition) is 1. The van der Waals surface area contributed by atoms with Gasteiger partial charge in [-0.15, -0.1) is 0 Å². The van der Waals surface area contributed by atoms with E-state index in [1.807, 2.05) is 4.90 Å². The standard InChI is InChI=1S/C15H30N2O/c1-12(9-15(2,3)4)8-14(18)17-7-5-6-13(10-16)11-17/h12-13H,5-11,16H2,1-4H3. The predicted octanol–water partition coefficient (Wildman–Crippen LogP) is 2.65. The quantitative estimate of drug-likeness (QED) is 0.838. The third-order valence-electron chi connectivity index (χ3n) is 3.69. The Morgan fingerprint density at radius 2 is 2.11 bits per heavy atom. The molecule has 0 aliphatic carbocycles. The van der Waals surface area contributed by atoms with Crippen LogP contribution in [0.4, 0.5) is 0 Å². The maximum atomic E-state index is 12.2. The number of carbonyl (C=O) groups is 1. The van der Waals surface area contributed by atoms with Gasteiger partial charge in [0.2, 0.25) is 5.91 Å². The van der Waals surface area contributed by atoms with Gasteiger partial charge in [0.1, 0.15) is 0 Å². The number of piperidine rings is 1. The molecule has 1 aliphatic rings. The Bertz CT molecular complexity index is 270. The molecule has 0 bridgehead atoms. The zero-order valence-electron chi connectivity index (χ0n) is 12.5. The summed E-state index contributed by atoms with van der Waals surface area (Å²) in [7, 11) is 0. The second-order valence-electron chi connectivity index (χ2n) is 7.16. The molecular formula is C15H30N2O. The van der Waals surface area contributed by atoms with Crippen LogP contribution in [-0.2, 0) is 4.79 Å². The van der Waals surface area contributed by atoms with Crippen LogP contribution >= 0.6 is 0 Å². The van der Waals surface area contributed by atoms with Crippen molar-refractivity contribution in [1.82, 2.24) is 4.90 Å². The van der Waals surface area contributed by atoms with E-state index in [0.717, 1.165) is 25.9 Å². The Morgan fingerprint density at radius 1 is 1.44 bits per heavy atom. The predicted molar refractivity (Wildman–Crippen MR) is 76.2 cm³/mol. The van der Waals surface area contributed by atoms with Crippen LogP contribution in [0.1, 0.15) is 53.4 Å². The van der Waals surface area contributed by atoms with Gasteiger partial charge in [0.25, 0.3) is 0 Å². The summed E-state index contributed by atoms with van der Waals surface area (Å²) < 4.78 is 0. The Morgan fingerprint density at radius 3 is 2.67 bits per heavy atom. The molecule has 1 fully saturated rings. The van der Waals surface area contributed by atoms with E-state index in [1.165, 1.54) is 6.42 Å². The van der Waals surface area contributed by atoms with Crippen molar-refractivity contribution in [2.45, 2.75) is 53.4 Å². The Labute approximate surface area is 112 Å². The van der Waals surface area contributed by atoms with Gasteiger partial charge in [-0.1, -0.05) is 27.7 Å². The normalized spacial score (nSPS) is 22.9. The lowest BCUT2D eigenvalue weighted by atomic mass is 9.84. The summed E-state index contributed by atoms with van der Waals surface area (Å²) in [6.45, 7) is 11.4. The topological polar surface area (TPSA) is 46.3 Å². The highest BCUT2D eigenvalue weighted by Gasteiger charge is 2.25. The van der Waals surface area contributed by atoms with Crippen molar-refractivity contribution < 1.29 is 4.79 Å². The zero-order valence-corrected chi connectivity index (χ0v) is 12.5. The molecule has 18 heavy (non-hydrogen) atoms. The number of carbonyl (C=O) groups excluding carboxylic acids is 1. The van der Waals surface area contributed by atoms with E-state index in [0.29, 0.717) is 36.1 Å². The van der Waals surface area contributed by atoms with Gasteiger partial charge in [-0.05, 0) is 43.1 Å². The fourth-order valence-electron chi connectivity index (χ4n) is 3.03. The summed E-state index contributed by atoms with van der Waals surface area (Å²) in [5, 5.41) is 0. The molecule has 1 amide bonds. The molecule has 1 rings (SSSR count). The molecule has 0 saturated carbocycles.